The van der Waals surface area contributed by atoms with Crippen LogP contribution in [-0.4, -0.2) is 53.1 Å². The number of ether oxygens (including phenoxy) is 1. The number of anilines is 1. The van der Waals surface area contributed by atoms with Crippen LogP contribution in [0, 0.1) is 0 Å². The molecule has 0 radical (unpaired) electrons. The number of rotatable bonds is 1. The molecule has 0 saturated carbocycles. The van der Waals surface area contributed by atoms with Gasteiger partial charge in [0, 0.05) is 38.3 Å². The van der Waals surface area contributed by atoms with Gasteiger partial charge in [-0.3, -0.25) is 0 Å². The molecule has 6 heteroatoms. The van der Waals surface area contributed by atoms with Gasteiger partial charge in [-0.1, -0.05) is 6.07 Å². The highest BCUT2D eigenvalue weighted by molar-refractivity contribution is 6.21. The van der Waals surface area contributed by atoms with E-state index in [-0.39, 0.29) is 11.5 Å². The van der Waals surface area contributed by atoms with E-state index in [9.17, 15) is 4.79 Å². The zero-order valence-electron chi connectivity index (χ0n) is 15.4. The van der Waals surface area contributed by atoms with E-state index in [1.165, 1.54) is 5.56 Å². The molecule has 0 spiro atoms. The molecule has 1 atom stereocenters. The van der Waals surface area contributed by atoms with Gasteiger partial charge >= 0.3 is 6.09 Å². The number of piperidine rings is 1. The van der Waals surface area contributed by atoms with Crippen molar-refractivity contribution in [3.63, 3.8) is 0 Å². The van der Waals surface area contributed by atoms with E-state index >= 15 is 0 Å². The zero-order chi connectivity index (χ0) is 18.0. The Hall–Kier alpha value is -1.49. The minimum absolute atomic E-state index is 0.206. The van der Waals surface area contributed by atoms with E-state index < -0.39 is 5.60 Å². The fourth-order valence-electron chi connectivity index (χ4n) is 3.39. The van der Waals surface area contributed by atoms with Crippen molar-refractivity contribution in [3.8, 4) is 0 Å². The van der Waals surface area contributed by atoms with Crippen molar-refractivity contribution >= 4 is 23.5 Å². The molecule has 0 aromatic carbocycles. The van der Waals surface area contributed by atoms with Crippen molar-refractivity contribution in [3.05, 3.63) is 23.4 Å². The Morgan fingerprint density at radius 2 is 2.00 bits per heavy atom. The number of fused-ring (bicyclic) bond motifs is 1. The van der Waals surface area contributed by atoms with Crippen molar-refractivity contribution in [1.82, 2.24) is 9.88 Å². The third kappa shape index (κ3) is 4.78. The van der Waals surface area contributed by atoms with Crippen LogP contribution in [0.25, 0.3) is 0 Å². The molecule has 0 bridgehead atoms. The average Bonchev–Trinajstić information content (AvgIpc) is 2.75. The van der Waals surface area contributed by atoms with E-state index in [1.54, 1.807) is 4.90 Å². The van der Waals surface area contributed by atoms with Crippen LogP contribution in [-0.2, 0) is 17.6 Å². The van der Waals surface area contributed by atoms with Crippen LogP contribution >= 0.6 is 11.6 Å². The van der Waals surface area contributed by atoms with E-state index in [4.69, 9.17) is 21.3 Å². The van der Waals surface area contributed by atoms with E-state index in [1.807, 2.05) is 20.8 Å². The molecule has 0 N–H and O–H groups in total. The van der Waals surface area contributed by atoms with Gasteiger partial charge in [-0.2, -0.15) is 0 Å². The first kappa shape index (κ1) is 18.3. The second kappa shape index (κ2) is 7.40. The van der Waals surface area contributed by atoms with E-state index in [0.717, 1.165) is 50.3 Å². The summed E-state index contributed by atoms with van der Waals surface area (Å²) in [5, 5.41) is 0.206. The van der Waals surface area contributed by atoms with Crippen LogP contribution in [0.15, 0.2) is 12.1 Å². The third-order valence-corrected chi connectivity index (χ3v) is 5.02. The molecular formula is C19H28ClN3O2. The molecule has 138 valence electrons. The van der Waals surface area contributed by atoms with Gasteiger partial charge in [0.05, 0.1) is 5.38 Å². The lowest BCUT2D eigenvalue weighted by atomic mass is 10.1. The maximum atomic E-state index is 12.3. The second-order valence-corrected chi connectivity index (χ2v) is 8.55. The number of carbonyl (C=O) groups is 1. The van der Waals surface area contributed by atoms with Crippen molar-refractivity contribution < 1.29 is 9.53 Å². The zero-order valence-corrected chi connectivity index (χ0v) is 16.2. The lowest BCUT2D eigenvalue weighted by molar-refractivity contribution is 0.0258. The molecule has 3 rings (SSSR count). The maximum absolute atomic E-state index is 12.3. The summed E-state index contributed by atoms with van der Waals surface area (Å²) in [6, 6.07) is 4.25. The van der Waals surface area contributed by atoms with Gasteiger partial charge in [-0.25, -0.2) is 9.78 Å². The van der Waals surface area contributed by atoms with Crippen molar-refractivity contribution in [2.45, 2.75) is 57.4 Å². The van der Waals surface area contributed by atoms with Crippen molar-refractivity contribution in [2.24, 2.45) is 0 Å². The summed E-state index contributed by atoms with van der Waals surface area (Å²) in [4.78, 5) is 21.3. The lowest BCUT2D eigenvalue weighted by Gasteiger charge is -2.31. The van der Waals surface area contributed by atoms with Crippen LogP contribution in [0.5, 0.6) is 0 Å². The van der Waals surface area contributed by atoms with Gasteiger partial charge in [-0.15, -0.1) is 11.6 Å². The largest absolute Gasteiger partial charge is 0.444 e. The van der Waals surface area contributed by atoms with Crippen LogP contribution in [0.1, 0.15) is 44.9 Å². The normalized spacial score (nSPS) is 21.5. The molecule has 0 aliphatic carbocycles. The van der Waals surface area contributed by atoms with E-state index in [2.05, 4.69) is 17.0 Å². The minimum Gasteiger partial charge on any atom is -0.444 e. The highest BCUT2D eigenvalue weighted by Gasteiger charge is 2.25. The molecule has 5 nitrogen and oxygen atoms in total. The number of hydrogen-bond acceptors (Lipinski definition) is 4. The summed E-state index contributed by atoms with van der Waals surface area (Å²) >= 11 is 6.31. The summed E-state index contributed by atoms with van der Waals surface area (Å²) in [7, 11) is 0. The molecule has 2 aliphatic heterocycles. The Kier molecular flexibility index (Phi) is 5.42. The molecule has 1 aromatic heterocycles. The number of alkyl halides is 1. The quantitative estimate of drug-likeness (QED) is 0.713. The van der Waals surface area contributed by atoms with Gasteiger partial charge < -0.3 is 14.5 Å². The predicted molar refractivity (Wildman–Crippen MR) is 101 cm³/mol. The second-order valence-electron chi connectivity index (χ2n) is 7.93. The van der Waals surface area contributed by atoms with Crippen LogP contribution < -0.4 is 4.90 Å². The standard InChI is InChI=1S/C19H28ClN3O2/c1-19(2,3)25-18(24)22-11-8-14-6-7-17(21-16(14)9-12-22)23-10-4-5-15(20)13-23/h6-7,15H,4-5,8-13H2,1-3H3. The van der Waals surface area contributed by atoms with Gasteiger partial charge in [-0.05, 0) is 51.7 Å². The number of halogens is 1. The fraction of sp³-hybridized carbons (Fsp3) is 0.684. The Labute approximate surface area is 155 Å². The number of hydrogen-bond donors (Lipinski definition) is 0. The first-order valence-electron chi connectivity index (χ1n) is 9.17. The number of aromatic nitrogens is 1. The van der Waals surface area contributed by atoms with Crippen LogP contribution in [0.2, 0.25) is 0 Å². The molecule has 1 unspecified atom stereocenters. The number of pyridine rings is 1. The molecule has 2 aliphatic rings. The third-order valence-electron chi connectivity index (χ3n) is 4.66. The van der Waals surface area contributed by atoms with Gasteiger partial charge in [0.1, 0.15) is 11.4 Å². The first-order chi connectivity index (χ1) is 11.8. The number of nitrogens with zero attached hydrogens (tertiary/aromatic N) is 3. The lowest BCUT2D eigenvalue weighted by Crippen LogP contribution is -2.38. The predicted octanol–water partition coefficient (Wildman–Crippen LogP) is 3.62. The molecule has 25 heavy (non-hydrogen) atoms. The molecule has 1 amide bonds. The highest BCUT2D eigenvalue weighted by Crippen LogP contribution is 2.24. The van der Waals surface area contributed by atoms with Crippen LogP contribution in [0.4, 0.5) is 10.6 Å². The summed E-state index contributed by atoms with van der Waals surface area (Å²) < 4.78 is 5.51. The van der Waals surface area contributed by atoms with Gasteiger partial charge in [0.25, 0.3) is 0 Å². The summed E-state index contributed by atoms with van der Waals surface area (Å²) in [6.45, 7) is 8.89. The monoisotopic (exact) mass is 365 g/mol. The Bertz CT molecular complexity index is 630. The Morgan fingerprint density at radius 3 is 2.72 bits per heavy atom. The molecule has 1 saturated heterocycles. The number of carbonyl (C=O) groups excluding carboxylic acids is 1. The SMILES string of the molecule is CC(C)(C)OC(=O)N1CCc2ccc(N3CCCC(Cl)C3)nc2CC1. The van der Waals surface area contributed by atoms with Crippen molar-refractivity contribution in [2.75, 3.05) is 31.1 Å². The summed E-state index contributed by atoms with van der Waals surface area (Å²) in [5.41, 5.74) is 1.86. The number of amides is 1. The van der Waals surface area contributed by atoms with Crippen molar-refractivity contribution in [1.29, 1.82) is 0 Å². The molecule has 3 heterocycles. The Balaban J connectivity index is 1.68. The fourth-order valence-corrected chi connectivity index (χ4v) is 3.71. The average molecular weight is 366 g/mol. The van der Waals surface area contributed by atoms with Gasteiger partial charge in [0.15, 0.2) is 0 Å². The van der Waals surface area contributed by atoms with Gasteiger partial charge in [0.2, 0.25) is 0 Å². The van der Waals surface area contributed by atoms with E-state index in [0.29, 0.717) is 13.1 Å². The first-order valence-corrected chi connectivity index (χ1v) is 9.61. The summed E-state index contributed by atoms with van der Waals surface area (Å²) in [5.74, 6) is 1.01. The molecule has 1 fully saturated rings. The maximum Gasteiger partial charge on any atom is 0.410 e. The smallest absolute Gasteiger partial charge is 0.410 e. The molecular weight excluding hydrogens is 338 g/mol. The highest BCUT2D eigenvalue weighted by atomic mass is 35.5. The Morgan fingerprint density at radius 1 is 1.24 bits per heavy atom. The topological polar surface area (TPSA) is 45.7 Å². The van der Waals surface area contributed by atoms with Crippen LogP contribution in [0.3, 0.4) is 0 Å². The summed E-state index contributed by atoms with van der Waals surface area (Å²) in [6.07, 6.45) is 3.54. The molecule has 1 aromatic rings. The minimum atomic E-state index is -0.464.